The van der Waals surface area contributed by atoms with Gasteiger partial charge in [-0.25, -0.2) is 0 Å². The lowest BCUT2D eigenvalue weighted by molar-refractivity contribution is -0.117. The second-order valence-corrected chi connectivity index (χ2v) is 5.88. The molecule has 0 saturated heterocycles. The third-order valence-electron chi connectivity index (χ3n) is 3.95. The molecule has 0 atom stereocenters. The number of hydrogen-bond acceptors (Lipinski definition) is 3. The molecule has 1 heterocycles. The molecule has 2 amide bonds. The lowest BCUT2D eigenvalue weighted by Crippen LogP contribution is -2.15. The molecule has 1 saturated carbocycles. The minimum atomic E-state index is -0.269. The summed E-state index contributed by atoms with van der Waals surface area (Å²) in [4.78, 5) is 24.1. The fourth-order valence-electron chi connectivity index (χ4n) is 2.27. The summed E-state index contributed by atoms with van der Waals surface area (Å²) in [6.45, 7) is 3.90. The number of rotatable bonds is 5. The number of aromatic nitrogens is 2. The van der Waals surface area contributed by atoms with Crippen molar-refractivity contribution >= 4 is 23.2 Å². The SMILES string of the molecule is CCc1cc(C(=O)Nc2cc(NC(=O)C3CC3)ccc2C)n[nH]1. The normalized spacial score (nSPS) is 13.7. The predicted octanol–water partition coefficient (Wildman–Crippen LogP) is 2.88. The number of benzene rings is 1. The molecule has 120 valence electrons. The van der Waals surface area contributed by atoms with E-state index in [0.717, 1.165) is 30.5 Å². The van der Waals surface area contributed by atoms with Crippen LogP contribution in [0.4, 0.5) is 11.4 Å². The van der Waals surface area contributed by atoms with Gasteiger partial charge < -0.3 is 10.6 Å². The Kier molecular flexibility index (Phi) is 4.14. The third kappa shape index (κ3) is 3.59. The van der Waals surface area contributed by atoms with Crippen LogP contribution in [-0.4, -0.2) is 22.0 Å². The fourth-order valence-corrected chi connectivity index (χ4v) is 2.27. The molecule has 0 unspecified atom stereocenters. The second-order valence-electron chi connectivity index (χ2n) is 5.88. The Hall–Kier alpha value is -2.63. The Labute approximate surface area is 134 Å². The van der Waals surface area contributed by atoms with Crippen LogP contribution in [0.2, 0.25) is 0 Å². The van der Waals surface area contributed by atoms with E-state index in [1.165, 1.54) is 0 Å². The number of nitrogens with one attached hydrogen (secondary N) is 3. The standard InChI is InChI=1S/C17H20N4O2/c1-3-12-8-15(21-20-12)17(23)19-14-9-13(7-4-10(14)2)18-16(22)11-5-6-11/h4,7-9,11H,3,5-6H2,1-2H3,(H,18,22)(H,19,23)(H,20,21). The zero-order valence-corrected chi connectivity index (χ0v) is 13.3. The summed E-state index contributed by atoms with van der Waals surface area (Å²) >= 11 is 0. The van der Waals surface area contributed by atoms with Crippen molar-refractivity contribution in [3.05, 3.63) is 41.2 Å². The number of aromatic amines is 1. The molecule has 1 aromatic heterocycles. The van der Waals surface area contributed by atoms with Crippen LogP contribution in [0, 0.1) is 12.8 Å². The van der Waals surface area contributed by atoms with Crippen LogP contribution in [0.1, 0.15) is 41.5 Å². The highest BCUT2D eigenvalue weighted by molar-refractivity contribution is 6.04. The minimum absolute atomic E-state index is 0.0472. The molecule has 1 aliphatic carbocycles. The van der Waals surface area contributed by atoms with Crippen LogP contribution in [0.15, 0.2) is 24.3 Å². The Balaban J connectivity index is 1.73. The number of nitrogens with zero attached hydrogens (tertiary/aromatic N) is 1. The van der Waals surface area contributed by atoms with E-state index in [-0.39, 0.29) is 17.7 Å². The Morgan fingerprint density at radius 1 is 1.26 bits per heavy atom. The summed E-state index contributed by atoms with van der Waals surface area (Å²) < 4.78 is 0. The smallest absolute Gasteiger partial charge is 0.276 e. The maximum absolute atomic E-state index is 12.3. The van der Waals surface area contributed by atoms with Gasteiger partial charge in [0.05, 0.1) is 0 Å². The van der Waals surface area contributed by atoms with Crippen molar-refractivity contribution in [2.24, 2.45) is 5.92 Å². The van der Waals surface area contributed by atoms with Crippen molar-refractivity contribution in [1.82, 2.24) is 10.2 Å². The first kappa shape index (κ1) is 15.3. The summed E-state index contributed by atoms with van der Waals surface area (Å²) in [7, 11) is 0. The molecule has 0 aliphatic heterocycles. The van der Waals surface area contributed by atoms with Gasteiger partial charge in [-0.15, -0.1) is 0 Å². The van der Waals surface area contributed by atoms with Crippen LogP contribution < -0.4 is 10.6 Å². The summed E-state index contributed by atoms with van der Waals surface area (Å²) in [5.41, 5.74) is 3.56. The first-order valence-corrected chi connectivity index (χ1v) is 7.84. The van der Waals surface area contributed by atoms with Gasteiger partial charge in [0.1, 0.15) is 0 Å². The van der Waals surface area contributed by atoms with Crippen molar-refractivity contribution in [3.8, 4) is 0 Å². The van der Waals surface area contributed by atoms with E-state index < -0.39 is 0 Å². The molecule has 1 aliphatic rings. The molecule has 3 rings (SSSR count). The van der Waals surface area contributed by atoms with Crippen LogP contribution >= 0.6 is 0 Å². The van der Waals surface area contributed by atoms with E-state index in [1.54, 1.807) is 12.1 Å². The van der Waals surface area contributed by atoms with Gasteiger partial charge in [0.2, 0.25) is 5.91 Å². The number of carbonyl (C=O) groups is 2. The average molecular weight is 312 g/mol. The third-order valence-corrected chi connectivity index (χ3v) is 3.95. The van der Waals surface area contributed by atoms with E-state index in [1.807, 2.05) is 26.0 Å². The van der Waals surface area contributed by atoms with Crippen LogP contribution in [0.5, 0.6) is 0 Å². The van der Waals surface area contributed by atoms with E-state index in [2.05, 4.69) is 20.8 Å². The molecule has 0 radical (unpaired) electrons. The van der Waals surface area contributed by atoms with Gasteiger partial charge in [-0.05, 0) is 49.9 Å². The van der Waals surface area contributed by atoms with Crippen molar-refractivity contribution < 1.29 is 9.59 Å². The summed E-state index contributed by atoms with van der Waals surface area (Å²) in [6, 6.07) is 7.24. The fraction of sp³-hybridized carbons (Fsp3) is 0.353. The topological polar surface area (TPSA) is 86.9 Å². The largest absolute Gasteiger partial charge is 0.326 e. The van der Waals surface area contributed by atoms with Gasteiger partial charge in [-0.2, -0.15) is 5.10 Å². The molecule has 0 spiro atoms. The maximum Gasteiger partial charge on any atom is 0.276 e. The first-order chi connectivity index (χ1) is 11.1. The van der Waals surface area contributed by atoms with Gasteiger partial charge in [0.15, 0.2) is 5.69 Å². The Morgan fingerprint density at radius 2 is 2.04 bits per heavy atom. The monoisotopic (exact) mass is 312 g/mol. The average Bonchev–Trinajstić information content (AvgIpc) is 3.28. The van der Waals surface area contributed by atoms with Gasteiger partial charge in [0.25, 0.3) is 5.91 Å². The lowest BCUT2D eigenvalue weighted by atomic mass is 10.1. The lowest BCUT2D eigenvalue weighted by Gasteiger charge is -2.10. The number of anilines is 2. The summed E-state index contributed by atoms with van der Waals surface area (Å²) in [5.74, 6) is -0.0772. The number of carbonyl (C=O) groups excluding carboxylic acids is 2. The minimum Gasteiger partial charge on any atom is -0.326 e. The number of amides is 2. The zero-order chi connectivity index (χ0) is 16.4. The number of aryl methyl sites for hydroxylation is 2. The van der Waals surface area contributed by atoms with Gasteiger partial charge >= 0.3 is 0 Å². The Morgan fingerprint density at radius 3 is 2.70 bits per heavy atom. The zero-order valence-electron chi connectivity index (χ0n) is 13.3. The maximum atomic E-state index is 12.3. The molecule has 6 nitrogen and oxygen atoms in total. The molecule has 1 aromatic carbocycles. The first-order valence-electron chi connectivity index (χ1n) is 7.84. The predicted molar refractivity (Wildman–Crippen MR) is 88.5 cm³/mol. The van der Waals surface area contributed by atoms with Crippen LogP contribution in [0.25, 0.3) is 0 Å². The summed E-state index contributed by atoms with van der Waals surface area (Å²) in [6.07, 6.45) is 2.71. The Bertz CT molecular complexity index is 747. The van der Waals surface area contributed by atoms with Crippen LogP contribution in [-0.2, 0) is 11.2 Å². The molecule has 0 bridgehead atoms. The van der Waals surface area contributed by atoms with E-state index in [9.17, 15) is 9.59 Å². The molecule has 23 heavy (non-hydrogen) atoms. The molecular weight excluding hydrogens is 292 g/mol. The highest BCUT2D eigenvalue weighted by Gasteiger charge is 2.29. The number of hydrogen-bond donors (Lipinski definition) is 3. The quantitative estimate of drug-likeness (QED) is 0.793. The van der Waals surface area contributed by atoms with Crippen molar-refractivity contribution in [1.29, 1.82) is 0 Å². The van der Waals surface area contributed by atoms with E-state index >= 15 is 0 Å². The van der Waals surface area contributed by atoms with Crippen molar-refractivity contribution in [2.75, 3.05) is 10.6 Å². The van der Waals surface area contributed by atoms with E-state index in [0.29, 0.717) is 17.1 Å². The highest BCUT2D eigenvalue weighted by Crippen LogP contribution is 2.30. The van der Waals surface area contributed by atoms with Crippen LogP contribution in [0.3, 0.4) is 0 Å². The number of H-pyrrole nitrogens is 1. The second kappa shape index (κ2) is 6.24. The van der Waals surface area contributed by atoms with E-state index in [4.69, 9.17) is 0 Å². The van der Waals surface area contributed by atoms with Crippen molar-refractivity contribution in [2.45, 2.75) is 33.1 Å². The summed E-state index contributed by atoms with van der Waals surface area (Å²) in [5, 5.41) is 12.6. The molecule has 3 N–H and O–H groups in total. The molecule has 1 fully saturated rings. The van der Waals surface area contributed by atoms with Gasteiger partial charge in [0, 0.05) is 23.0 Å². The molecule has 2 aromatic rings. The van der Waals surface area contributed by atoms with Crippen molar-refractivity contribution in [3.63, 3.8) is 0 Å². The van der Waals surface area contributed by atoms with Gasteiger partial charge in [-0.1, -0.05) is 13.0 Å². The highest BCUT2D eigenvalue weighted by atomic mass is 16.2. The molecule has 6 heteroatoms. The molecular formula is C17H20N4O2. The van der Waals surface area contributed by atoms with Gasteiger partial charge in [-0.3, -0.25) is 14.7 Å².